The molecule has 3 nitrogen and oxygen atoms in total. The smallest absolute Gasteiger partial charge is 0.272 e. The molecule has 0 saturated heterocycles. The molecular weight excluding hydrogens is 332 g/mol. The van der Waals surface area contributed by atoms with Gasteiger partial charge in [0, 0.05) is 15.9 Å². The molecule has 0 radical (unpaired) electrons. The summed E-state index contributed by atoms with van der Waals surface area (Å²) in [5.41, 5.74) is 1.75. The molecule has 0 unspecified atom stereocenters. The van der Waals surface area contributed by atoms with Crippen LogP contribution in [-0.2, 0) is 6.42 Å². The molecule has 1 aromatic heterocycles. The molecule has 92 valence electrons. The van der Waals surface area contributed by atoms with E-state index >= 15 is 0 Å². The molecule has 0 saturated carbocycles. The predicted molar refractivity (Wildman–Crippen MR) is 79.4 cm³/mol. The Bertz CT molecular complexity index is 718. The second-order valence-electron chi connectivity index (χ2n) is 3.95. The lowest BCUT2D eigenvalue weighted by Crippen LogP contribution is -2.22. The summed E-state index contributed by atoms with van der Waals surface area (Å²) in [7, 11) is 0. The van der Waals surface area contributed by atoms with Crippen LogP contribution in [0.15, 0.2) is 38.4 Å². The summed E-state index contributed by atoms with van der Waals surface area (Å²) in [6, 6.07) is 7.55. The number of aromatic amines is 1. The number of H-pyrrole nitrogens is 1. The number of aromatic nitrogens is 2. The van der Waals surface area contributed by atoms with E-state index in [1.54, 1.807) is 16.3 Å². The molecule has 6 heteroatoms. The van der Waals surface area contributed by atoms with Gasteiger partial charge in [-0.15, -0.1) is 11.8 Å². The molecule has 1 aliphatic heterocycles. The molecular formula is C12H9BrN2OS2. The van der Waals surface area contributed by atoms with Crippen molar-refractivity contribution in [2.24, 2.45) is 0 Å². The average molecular weight is 341 g/mol. The topological polar surface area (TPSA) is 37.8 Å². The van der Waals surface area contributed by atoms with Crippen LogP contribution >= 0.6 is 39.9 Å². The highest BCUT2D eigenvalue weighted by atomic mass is 79.9. The van der Waals surface area contributed by atoms with E-state index in [4.69, 9.17) is 12.2 Å². The number of rotatable bonds is 1. The molecule has 1 N–H and O–H groups in total. The molecule has 3 rings (SSSR count). The average Bonchev–Trinajstić information content (AvgIpc) is 2.80. The zero-order valence-electron chi connectivity index (χ0n) is 9.27. The van der Waals surface area contributed by atoms with Crippen LogP contribution in [0.5, 0.6) is 0 Å². The number of aryl methyl sites for hydroxylation is 1. The number of nitrogens with zero attached hydrogens (tertiary/aromatic N) is 1. The molecule has 1 aliphatic rings. The molecule has 1 aromatic carbocycles. The molecule has 2 heterocycles. The third kappa shape index (κ3) is 1.98. The lowest BCUT2D eigenvalue weighted by atomic mass is 10.3. The molecule has 2 aromatic rings. The molecule has 0 aliphatic carbocycles. The van der Waals surface area contributed by atoms with Crippen molar-refractivity contribution in [3.63, 3.8) is 0 Å². The van der Waals surface area contributed by atoms with Crippen molar-refractivity contribution in [2.75, 3.05) is 5.75 Å². The summed E-state index contributed by atoms with van der Waals surface area (Å²) in [4.78, 5) is 16.4. The van der Waals surface area contributed by atoms with Crippen LogP contribution in [0.4, 0.5) is 0 Å². The number of fused-ring (bicyclic) bond motifs is 1. The fourth-order valence-electron chi connectivity index (χ4n) is 1.97. The second-order valence-corrected chi connectivity index (χ2v) is 6.36. The van der Waals surface area contributed by atoms with Gasteiger partial charge < -0.3 is 4.98 Å². The Balaban J connectivity index is 2.27. The molecule has 0 amide bonds. The maximum atomic E-state index is 12.4. The van der Waals surface area contributed by atoms with E-state index in [-0.39, 0.29) is 5.56 Å². The molecule has 0 atom stereocenters. The summed E-state index contributed by atoms with van der Waals surface area (Å²) < 4.78 is 2.99. The number of thioether (sulfide) groups is 1. The Morgan fingerprint density at radius 2 is 2.06 bits per heavy atom. The summed E-state index contributed by atoms with van der Waals surface area (Å²) >= 11 is 10.3. The number of benzene rings is 1. The van der Waals surface area contributed by atoms with Crippen LogP contribution in [0.2, 0.25) is 0 Å². The van der Waals surface area contributed by atoms with Crippen LogP contribution in [0.1, 0.15) is 5.69 Å². The van der Waals surface area contributed by atoms with Gasteiger partial charge in [-0.05, 0) is 42.9 Å². The Hall–Kier alpha value is -0.850. The highest BCUT2D eigenvalue weighted by molar-refractivity contribution is 9.10. The quantitative estimate of drug-likeness (QED) is 0.809. The third-order valence-corrected chi connectivity index (χ3v) is 4.75. The van der Waals surface area contributed by atoms with Crippen LogP contribution in [0, 0.1) is 4.77 Å². The fraction of sp³-hybridized carbons (Fsp3) is 0.167. The molecule has 0 bridgehead atoms. The van der Waals surface area contributed by atoms with E-state index in [0.29, 0.717) is 4.77 Å². The van der Waals surface area contributed by atoms with Crippen molar-refractivity contribution in [2.45, 2.75) is 11.3 Å². The van der Waals surface area contributed by atoms with E-state index in [9.17, 15) is 4.79 Å². The van der Waals surface area contributed by atoms with Crippen LogP contribution in [-0.4, -0.2) is 15.3 Å². The highest BCUT2D eigenvalue weighted by Crippen LogP contribution is 2.26. The SMILES string of the molecule is O=c1c2c([nH]c(=S)n1-c1ccc(Br)cc1)CCS2. The van der Waals surface area contributed by atoms with Gasteiger partial charge >= 0.3 is 0 Å². The van der Waals surface area contributed by atoms with E-state index < -0.39 is 0 Å². The second kappa shape index (κ2) is 4.68. The first-order valence-corrected chi connectivity index (χ1v) is 7.62. The molecule has 18 heavy (non-hydrogen) atoms. The monoisotopic (exact) mass is 340 g/mol. The van der Waals surface area contributed by atoms with Crippen molar-refractivity contribution in [3.05, 3.63) is 49.6 Å². The van der Waals surface area contributed by atoms with Crippen LogP contribution < -0.4 is 5.56 Å². The first-order valence-electron chi connectivity index (χ1n) is 5.44. The Kier molecular flexibility index (Phi) is 3.17. The van der Waals surface area contributed by atoms with Gasteiger partial charge in [-0.25, -0.2) is 0 Å². The standard InChI is InChI=1S/C12H9BrN2OS2/c13-7-1-3-8(4-2-7)15-11(16)10-9(5-6-18-10)14-12(15)17/h1-4H,5-6H2,(H,14,17). The molecule has 0 fully saturated rings. The number of nitrogens with one attached hydrogen (secondary N) is 1. The number of hydrogen-bond donors (Lipinski definition) is 1. The zero-order chi connectivity index (χ0) is 12.7. The van der Waals surface area contributed by atoms with Gasteiger partial charge in [0.05, 0.1) is 10.6 Å². The fourth-order valence-corrected chi connectivity index (χ4v) is 3.60. The maximum absolute atomic E-state index is 12.4. The summed E-state index contributed by atoms with van der Waals surface area (Å²) in [5.74, 6) is 0.945. The van der Waals surface area contributed by atoms with Crippen LogP contribution in [0.25, 0.3) is 5.69 Å². The number of hydrogen-bond acceptors (Lipinski definition) is 3. The largest absolute Gasteiger partial charge is 0.334 e. The van der Waals surface area contributed by atoms with Crippen molar-refractivity contribution in [3.8, 4) is 5.69 Å². The Morgan fingerprint density at radius 3 is 2.78 bits per heavy atom. The Labute approximate surface area is 121 Å². The van der Waals surface area contributed by atoms with E-state index in [2.05, 4.69) is 20.9 Å². The van der Waals surface area contributed by atoms with E-state index in [1.807, 2.05) is 24.3 Å². The van der Waals surface area contributed by atoms with Crippen LogP contribution in [0.3, 0.4) is 0 Å². The van der Waals surface area contributed by atoms with E-state index in [0.717, 1.165) is 32.9 Å². The van der Waals surface area contributed by atoms with Gasteiger partial charge in [-0.3, -0.25) is 9.36 Å². The third-order valence-electron chi connectivity index (χ3n) is 2.82. The van der Waals surface area contributed by atoms with Gasteiger partial charge in [0.25, 0.3) is 5.56 Å². The minimum Gasteiger partial charge on any atom is -0.334 e. The molecule has 0 spiro atoms. The lowest BCUT2D eigenvalue weighted by Gasteiger charge is -2.08. The first kappa shape index (κ1) is 12.2. The van der Waals surface area contributed by atoms with Crippen molar-refractivity contribution < 1.29 is 0 Å². The van der Waals surface area contributed by atoms with Gasteiger partial charge in [-0.2, -0.15) is 0 Å². The summed E-state index contributed by atoms with van der Waals surface area (Å²) in [6.07, 6.45) is 0.889. The maximum Gasteiger partial charge on any atom is 0.272 e. The minimum atomic E-state index is -0.0152. The van der Waals surface area contributed by atoms with Crippen molar-refractivity contribution >= 4 is 39.9 Å². The van der Waals surface area contributed by atoms with Crippen molar-refractivity contribution in [1.82, 2.24) is 9.55 Å². The Morgan fingerprint density at radius 1 is 1.33 bits per heavy atom. The number of halogens is 1. The van der Waals surface area contributed by atoms with Gasteiger partial charge in [0.15, 0.2) is 4.77 Å². The van der Waals surface area contributed by atoms with E-state index in [1.165, 1.54) is 0 Å². The van der Waals surface area contributed by atoms with Gasteiger partial charge in [0.1, 0.15) is 0 Å². The summed E-state index contributed by atoms with van der Waals surface area (Å²) in [6.45, 7) is 0. The predicted octanol–water partition coefficient (Wildman–Crippen LogP) is 3.31. The van der Waals surface area contributed by atoms with Crippen molar-refractivity contribution in [1.29, 1.82) is 0 Å². The van der Waals surface area contributed by atoms with Gasteiger partial charge in [-0.1, -0.05) is 15.9 Å². The summed E-state index contributed by atoms with van der Waals surface area (Å²) in [5, 5.41) is 0. The minimum absolute atomic E-state index is 0.0152. The zero-order valence-corrected chi connectivity index (χ0v) is 12.5. The lowest BCUT2D eigenvalue weighted by molar-refractivity contribution is 0.835. The normalized spacial score (nSPS) is 13.6. The highest BCUT2D eigenvalue weighted by Gasteiger charge is 2.18. The first-order chi connectivity index (χ1) is 8.66. The van der Waals surface area contributed by atoms with Gasteiger partial charge in [0.2, 0.25) is 0 Å².